The lowest BCUT2D eigenvalue weighted by atomic mass is 9.96. The van der Waals surface area contributed by atoms with Crippen molar-refractivity contribution in [2.45, 2.75) is 25.3 Å². The number of hydrogen-bond donors (Lipinski definition) is 0. The van der Waals surface area contributed by atoms with Crippen LogP contribution in [0.5, 0.6) is 0 Å². The molecule has 0 aliphatic carbocycles. The minimum absolute atomic E-state index is 0.0111. The second kappa shape index (κ2) is 8.05. The Morgan fingerprint density at radius 1 is 1.14 bits per heavy atom. The molecule has 0 spiro atoms. The number of rotatable bonds is 4. The average Bonchev–Trinajstić information content (AvgIpc) is 3.22. The van der Waals surface area contributed by atoms with E-state index in [1.54, 1.807) is 30.5 Å². The van der Waals surface area contributed by atoms with E-state index in [4.69, 9.17) is 5.26 Å². The lowest BCUT2D eigenvalue weighted by Crippen LogP contribution is -2.39. The molecule has 3 heterocycles. The predicted octanol–water partition coefficient (Wildman–Crippen LogP) is 3.22. The molecule has 0 bridgehead atoms. The highest BCUT2D eigenvalue weighted by atomic mass is 16.2. The smallest absolute Gasteiger partial charge is 0.253 e. The van der Waals surface area contributed by atoms with Gasteiger partial charge in [0.05, 0.1) is 23.9 Å². The number of nitriles is 1. The molecule has 0 radical (unpaired) electrons. The maximum atomic E-state index is 12.9. The Hall–Kier alpha value is -3.46. The number of piperidine rings is 1. The summed E-state index contributed by atoms with van der Waals surface area (Å²) in [5.41, 5.74) is 2.17. The second-order valence-electron chi connectivity index (χ2n) is 7.01. The number of imidazole rings is 1. The molecule has 140 valence electrons. The summed E-state index contributed by atoms with van der Waals surface area (Å²) in [7, 11) is 0. The monoisotopic (exact) mass is 371 g/mol. The van der Waals surface area contributed by atoms with Crippen molar-refractivity contribution in [2.24, 2.45) is 0 Å². The van der Waals surface area contributed by atoms with Gasteiger partial charge >= 0.3 is 0 Å². The summed E-state index contributed by atoms with van der Waals surface area (Å²) in [6, 6.07) is 14.8. The van der Waals surface area contributed by atoms with Gasteiger partial charge < -0.3 is 9.47 Å². The normalized spacial score (nSPS) is 16.5. The molecule has 1 aromatic carbocycles. The molecule has 28 heavy (non-hydrogen) atoms. The quantitative estimate of drug-likeness (QED) is 0.706. The van der Waals surface area contributed by atoms with Crippen LogP contribution in [0.3, 0.4) is 0 Å². The van der Waals surface area contributed by atoms with Crippen molar-refractivity contribution in [1.82, 2.24) is 19.4 Å². The Bertz CT molecular complexity index is 988. The third-order valence-corrected chi connectivity index (χ3v) is 5.14. The zero-order valence-corrected chi connectivity index (χ0v) is 15.5. The molecule has 6 heteroatoms. The van der Waals surface area contributed by atoms with Crippen LogP contribution in [0.25, 0.3) is 0 Å². The van der Waals surface area contributed by atoms with Crippen LogP contribution in [0.1, 0.15) is 46.2 Å². The van der Waals surface area contributed by atoms with E-state index in [1.165, 1.54) is 0 Å². The third kappa shape index (κ3) is 3.79. The van der Waals surface area contributed by atoms with Crippen molar-refractivity contribution in [1.29, 1.82) is 5.26 Å². The number of nitrogens with zero attached hydrogens (tertiary/aromatic N) is 5. The van der Waals surface area contributed by atoms with Gasteiger partial charge in [-0.3, -0.25) is 9.78 Å². The molecule has 1 saturated heterocycles. The highest BCUT2D eigenvalue weighted by molar-refractivity contribution is 5.94. The van der Waals surface area contributed by atoms with Gasteiger partial charge in [-0.15, -0.1) is 0 Å². The summed E-state index contributed by atoms with van der Waals surface area (Å²) in [5.74, 6) is 1.22. The average molecular weight is 371 g/mol. The predicted molar refractivity (Wildman–Crippen MR) is 105 cm³/mol. The summed E-state index contributed by atoms with van der Waals surface area (Å²) in [6.45, 7) is 2.07. The van der Waals surface area contributed by atoms with Gasteiger partial charge in [-0.05, 0) is 49.2 Å². The minimum Gasteiger partial charge on any atom is -0.338 e. The summed E-state index contributed by atoms with van der Waals surface area (Å²) in [5, 5.41) is 8.93. The van der Waals surface area contributed by atoms with Crippen LogP contribution >= 0.6 is 0 Å². The van der Waals surface area contributed by atoms with Crippen LogP contribution in [0.15, 0.2) is 61.1 Å². The van der Waals surface area contributed by atoms with Crippen LogP contribution < -0.4 is 0 Å². The standard InChI is InChI=1S/C22H21N5O/c23-14-17-6-8-18(9-7-17)22(28)27-12-3-4-19(15-27)21-25-11-13-26(21)16-20-5-1-2-10-24-20/h1-2,5-11,13,19H,3-4,12,15-16H2/t19-/m1/s1. The van der Waals surface area contributed by atoms with Gasteiger partial charge in [0.25, 0.3) is 5.91 Å². The Balaban J connectivity index is 1.49. The van der Waals surface area contributed by atoms with Gasteiger partial charge in [-0.1, -0.05) is 6.07 Å². The fraction of sp³-hybridized carbons (Fsp3) is 0.273. The number of carbonyl (C=O) groups is 1. The maximum absolute atomic E-state index is 12.9. The van der Waals surface area contributed by atoms with Crippen molar-refractivity contribution < 1.29 is 4.79 Å². The van der Waals surface area contributed by atoms with Crippen LogP contribution in [-0.2, 0) is 6.54 Å². The molecule has 0 N–H and O–H groups in total. The van der Waals surface area contributed by atoms with E-state index in [9.17, 15) is 4.79 Å². The van der Waals surface area contributed by atoms with Gasteiger partial charge in [0.1, 0.15) is 5.82 Å². The van der Waals surface area contributed by atoms with Crippen LogP contribution in [0.4, 0.5) is 0 Å². The van der Waals surface area contributed by atoms with Gasteiger partial charge in [-0.2, -0.15) is 5.26 Å². The maximum Gasteiger partial charge on any atom is 0.253 e. The van der Waals surface area contributed by atoms with Crippen molar-refractivity contribution in [3.05, 3.63) is 83.7 Å². The van der Waals surface area contributed by atoms with E-state index < -0.39 is 0 Å². The fourth-order valence-corrected chi connectivity index (χ4v) is 3.72. The summed E-state index contributed by atoms with van der Waals surface area (Å²) in [4.78, 5) is 23.8. The van der Waals surface area contributed by atoms with Crippen LogP contribution in [-0.4, -0.2) is 38.4 Å². The molecule has 3 aromatic rings. The number of benzene rings is 1. The first-order valence-corrected chi connectivity index (χ1v) is 9.45. The third-order valence-electron chi connectivity index (χ3n) is 5.14. The molecular formula is C22H21N5O. The number of pyridine rings is 1. The highest BCUT2D eigenvalue weighted by Gasteiger charge is 2.28. The van der Waals surface area contributed by atoms with Crippen molar-refractivity contribution >= 4 is 5.91 Å². The first kappa shape index (κ1) is 17.9. The molecule has 1 fully saturated rings. The van der Waals surface area contributed by atoms with E-state index in [2.05, 4.69) is 20.6 Å². The molecule has 2 aromatic heterocycles. The molecular weight excluding hydrogens is 350 g/mol. The van der Waals surface area contributed by atoms with Gasteiger partial charge in [-0.25, -0.2) is 4.98 Å². The Kier molecular flexibility index (Phi) is 5.16. The fourth-order valence-electron chi connectivity index (χ4n) is 3.72. The molecule has 4 rings (SSSR count). The number of likely N-dealkylation sites (tertiary alicyclic amines) is 1. The number of hydrogen-bond acceptors (Lipinski definition) is 4. The number of aromatic nitrogens is 3. The molecule has 1 amide bonds. The Morgan fingerprint density at radius 3 is 2.75 bits per heavy atom. The Morgan fingerprint density at radius 2 is 2.00 bits per heavy atom. The first-order valence-electron chi connectivity index (χ1n) is 9.45. The summed E-state index contributed by atoms with van der Waals surface area (Å²) in [6.07, 6.45) is 7.55. The first-order chi connectivity index (χ1) is 13.7. The Labute approximate surface area is 164 Å². The van der Waals surface area contributed by atoms with E-state index in [0.29, 0.717) is 24.2 Å². The van der Waals surface area contributed by atoms with Gasteiger partial charge in [0.15, 0.2) is 0 Å². The van der Waals surface area contributed by atoms with E-state index in [-0.39, 0.29) is 11.8 Å². The van der Waals surface area contributed by atoms with Crippen molar-refractivity contribution in [2.75, 3.05) is 13.1 Å². The van der Waals surface area contributed by atoms with Crippen molar-refractivity contribution in [3.8, 4) is 6.07 Å². The van der Waals surface area contributed by atoms with Crippen molar-refractivity contribution in [3.63, 3.8) is 0 Å². The van der Waals surface area contributed by atoms with E-state index in [1.807, 2.05) is 35.5 Å². The molecule has 0 saturated carbocycles. The van der Waals surface area contributed by atoms with Crippen LogP contribution in [0.2, 0.25) is 0 Å². The van der Waals surface area contributed by atoms with Crippen LogP contribution in [0, 0.1) is 11.3 Å². The van der Waals surface area contributed by atoms with E-state index in [0.717, 1.165) is 30.9 Å². The highest BCUT2D eigenvalue weighted by Crippen LogP contribution is 2.27. The number of carbonyl (C=O) groups excluding carboxylic acids is 1. The molecule has 1 atom stereocenters. The zero-order chi connectivity index (χ0) is 19.3. The molecule has 1 aliphatic rings. The van der Waals surface area contributed by atoms with Gasteiger partial charge in [0, 0.05) is 43.2 Å². The van der Waals surface area contributed by atoms with Gasteiger partial charge in [0.2, 0.25) is 0 Å². The molecule has 6 nitrogen and oxygen atoms in total. The number of amides is 1. The summed E-state index contributed by atoms with van der Waals surface area (Å²) >= 11 is 0. The summed E-state index contributed by atoms with van der Waals surface area (Å²) < 4.78 is 2.13. The molecule has 1 aliphatic heterocycles. The largest absolute Gasteiger partial charge is 0.338 e. The topological polar surface area (TPSA) is 74.8 Å². The second-order valence-corrected chi connectivity index (χ2v) is 7.01. The zero-order valence-electron chi connectivity index (χ0n) is 15.5. The lowest BCUT2D eigenvalue weighted by molar-refractivity contribution is 0.0703. The molecule has 0 unspecified atom stereocenters. The minimum atomic E-state index is 0.0111. The lowest BCUT2D eigenvalue weighted by Gasteiger charge is -2.32. The van der Waals surface area contributed by atoms with E-state index >= 15 is 0 Å². The SMILES string of the molecule is N#Cc1ccc(C(=O)N2CCC[C@@H](c3nccn3Cc3ccccn3)C2)cc1.